The van der Waals surface area contributed by atoms with E-state index < -0.39 is 0 Å². The van der Waals surface area contributed by atoms with E-state index in [1.165, 1.54) is 11.3 Å². The quantitative estimate of drug-likeness (QED) is 0.564. The third kappa shape index (κ3) is 4.67. The van der Waals surface area contributed by atoms with Crippen LogP contribution in [0.15, 0.2) is 66.0 Å². The van der Waals surface area contributed by atoms with Crippen molar-refractivity contribution in [2.75, 3.05) is 11.5 Å². The molecule has 0 spiro atoms. The highest BCUT2D eigenvalue weighted by Gasteiger charge is 2.20. The molecule has 0 atom stereocenters. The van der Waals surface area contributed by atoms with Gasteiger partial charge in [0, 0.05) is 11.8 Å². The number of carbonyl (C=O) groups excluding carboxylic acids is 1. The summed E-state index contributed by atoms with van der Waals surface area (Å²) in [4.78, 5) is 19.0. The molecular formula is C20H20N2O2S. The van der Waals surface area contributed by atoms with E-state index in [1.807, 2.05) is 73.0 Å². The number of ether oxygens (including phenoxy) is 1. The number of aromatic nitrogens is 1. The van der Waals surface area contributed by atoms with Crippen LogP contribution in [0.2, 0.25) is 0 Å². The minimum Gasteiger partial charge on any atom is -0.494 e. The van der Waals surface area contributed by atoms with Crippen molar-refractivity contribution in [1.29, 1.82) is 0 Å². The molecule has 1 aromatic heterocycles. The first-order chi connectivity index (χ1) is 12.2. The largest absolute Gasteiger partial charge is 0.494 e. The zero-order valence-electron chi connectivity index (χ0n) is 14.1. The molecule has 0 saturated heterocycles. The van der Waals surface area contributed by atoms with Gasteiger partial charge in [-0.15, -0.1) is 11.3 Å². The van der Waals surface area contributed by atoms with Crippen LogP contribution in [0.5, 0.6) is 5.75 Å². The molecule has 0 unspecified atom stereocenters. The first-order valence-electron chi connectivity index (χ1n) is 8.22. The predicted molar refractivity (Wildman–Crippen MR) is 102 cm³/mol. The standard InChI is InChI=1S/C20H20N2O2S/c1-16-15-25-20(21-16)22(17-9-4-2-5-10-17)19(23)13-8-14-24-18-11-6-3-7-12-18/h2-7,9-12,15H,8,13-14H2,1H3. The van der Waals surface area contributed by atoms with E-state index in [0.29, 0.717) is 24.6 Å². The number of rotatable bonds is 7. The molecule has 0 aliphatic carbocycles. The number of nitrogens with zero attached hydrogens (tertiary/aromatic N) is 2. The van der Waals surface area contributed by atoms with Crippen molar-refractivity contribution in [2.45, 2.75) is 19.8 Å². The molecule has 0 N–H and O–H groups in total. The summed E-state index contributed by atoms with van der Waals surface area (Å²) in [5.41, 5.74) is 1.76. The molecular weight excluding hydrogens is 332 g/mol. The molecule has 2 aromatic carbocycles. The molecule has 3 aromatic rings. The maximum atomic E-state index is 12.8. The average Bonchev–Trinajstić information content (AvgIpc) is 3.07. The Bertz CT molecular complexity index is 803. The highest BCUT2D eigenvalue weighted by molar-refractivity contribution is 7.14. The molecule has 5 heteroatoms. The van der Waals surface area contributed by atoms with Crippen molar-refractivity contribution in [3.63, 3.8) is 0 Å². The van der Waals surface area contributed by atoms with E-state index in [9.17, 15) is 4.79 Å². The number of hydrogen-bond acceptors (Lipinski definition) is 4. The van der Waals surface area contributed by atoms with E-state index in [-0.39, 0.29) is 5.91 Å². The highest BCUT2D eigenvalue weighted by Crippen LogP contribution is 2.29. The lowest BCUT2D eigenvalue weighted by molar-refractivity contribution is -0.118. The Kier molecular flexibility index (Phi) is 5.80. The van der Waals surface area contributed by atoms with E-state index in [0.717, 1.165) is 17.1 Å². The second-order valence-electron chi connectivity index (χ2n) is 5.60. The monoisotopic (exact) mass is 352 g/mol. The van der Waals surface area contributed by atoms with Gasteiger partial charge < -0.3 is 4.74 Å². The molecule has 0 bridgehead atoms. The second-order valence-corrected chi connectivity index (χ2v) is 6.44. The summed E-state index contributed by atoms with van der Waals surface area (Å²) in [6.45, 7) is 2.44. The molecule has 1 heterocycles. The van der Waals surface area contributed by atoms with Crippen molar-refractivity contribution < 1.29 is 9.53 Å². The highest BCUT2D eigenvalue weighted by atomic mass is 32.1. The number of amides is 1. The number of aryl methyl sites for hydroxylation is 1. The van der Waals surface area contributed by atoms with Gasteiger partial charge in [0.1, 0.15) is 5.75 Å². The zero-order chi connectivity index (χ0) is 17.5. The maximum Gasteiger partial charge on any atom is 0.233 e. The lowest BCUT2D eigenvalue weighted by atomic mass is 10.2. The molecule has 128 valence electrons. The van der Waals surface area contributed by atoms with E-state index in [1.54, 1.807) is 4.90 Å². The normalized spacial score (nSPS) is 10.4. The molecule has 25 heavy (non-hydrogen) atoms. The topological polar surface area (TPSA) is 42.4 Å². The van der Waals surface area contributed by atoms with Gasteiger partial charge >= 0.3 is 0 Å². The van der Waals surface area contributed by atoms with Gasteiger partial charge in [-0.05, 0) is 37.6 Å². The van der Waals surface area contributed by atoms with Crippen LogP contribution in [0.4, 0.5) is 10.8 Å². The van der Waals surface area contributed by atoms with Crippen LogP contribution in [0, 0.1) is 6.92 Å². The van der Waals surface area contributed by atoms with Crippen molar-refractivity contribution >= 4 is 28.1 Å². The van der Waals surface area contributed by atoms with E-state index >= 15 is 0 Å². The van der Waals surface area contributed by atoms with Crippen LogP contribution in [0.25, 0.3) is 0 Å². The van der Waals surface area contributed by atoms with Gasteiger partial charge in [0.2, 0.25) is 5.91 Å². The molecule has 0 fully saturated rings. The SMILES string of the molecule is Cc1csc(N(C(=O)CCCOc2ccccc2)c2ccccc2)n1. The number of anilines is 2. The lowest BCUT2D eigenvalue weighted by Gasteiger charge is -2.20. The first kappa shape index (κ1) is 17.2. The Morgan fingerprint density at radius 1 is 1.08 bits per heavy atom. The summed E-state index contributed by atoms with van der Waals surface area (Å²) in [6.07, 6.45) is 1.06. The van der Waals surface area contributed by atoms with E-state index in [4.69, 9.17) is 4.74 Å². The molecule has 4 nitrogen and oxygen atoms in total. The summed E-state index contributed by atoms with van der Waals surface area (Å²) in [6, 6.07) is 19.3. The smallest absolute Gasteiger partial charge is 0.233 e. The van der Waals surface area contributed by atoms with Crippen LogP contribution in [-0.2, 0) is 4.79 Å². The van der Waals surface area contributed by atoms with Crippen molar-refractivity contribution in [2.24, 2.45) is 0 Å². The zero-order valence-corrected chi connectivity index (χ0v) is 14.9. The minimum atomic E-state index is 0.0252. The van der Waals surface area contributed by atoms with Crippen LogP contribution < -0.4 is 9.64 Å². The van der Waals surface area contributed by atoms with Crippen LogP contribution in [-0.4, -0.2) is 17.5 Å². The maximum absolute atomic E-state index is 12.8. The Labute approximate surface area is 151 Å². The summed E-state index contributed by atoms with van der Waals surface area (Å²) < 4.78 is 5.67. The van der Waals surface area contributed by atoms with Gasteiger partial charge in [0.25, 0.3) is 0 Å². The third-order valence-electron chi connectivity index (χ3n) is 3.61. The first-order valence-corrected chi connectivity index (χ1v) is 9.10. The number of hydrogen-bond donors (Lipinski definition) is 0. The summed E-state index contributed by atoms with van der Waals surface area (Å²) in [5.74, 6) is 0.850. The number of benzene rings is 2. The summed E-state index contributed by atoms with van der Waals surface area (Å²) >= 11 is 1.48. The molecule has 0 saturated carbocycles. The number of para-hydroxylation sites is 2. The van der Waals surface area contributed by atoms with Gasteiger partial charge in [0.15, 0.2) is 5.13 Å². The Morgan fingerprint density at radius 2 is 1.76 bits per heavy atom. The van der Waals surface area contributed by atoms with Gasteiger partial charge in [0.05, 0.1) is 18.0 Å². The fourth-order valence-corrected chi connectivity index (χ4v) is 3.26. The fourth-order valence-electron chi connectivity index (χ4n) is 2.42. The van der Waals surface area contributed by atoms with Crippen molar-refractivity contribution in [1.82, 2.24) is 4.98 Å². The van der Waals surface area contributed by atoms with Gasteiger partial charge in [-0.3, -0.25) is 9.69 Å². The number of thiazole rings is 1. The van der Waals surface area contributed by atoms with Crippen LogP contribution in [0.1, 0.15) is 18.5 Å². The van der Waals surface area contributed by atoms with E-state index in [2.05, 4.69) is 4.98 Å². The average molecular weight is 352 g/mol. The number of carbonyl (C=O) groups is 1. The summed E-state index contributed by atoms with van der Waals surface area (Å²) in [5, 5.41) is 2.66. The molecule has 3 rings (SSSR count). The van der Waals surface area contributed by atoms with Gasteiger partial charge in [-0.2, -0.15) is 0 Å². The third-order valence-corrected chi connectivity index (χ3v) is 4.55. The van der Waals surface area contributed by atoms with Gasteiger partial charge in [-0.1, -0.05) is 36.4 Å². The van der Waals surface area contributed by atoms with Crippen molar-refractivity contribution in [3.8, 4) is 5.75 Å². The lowest BCUT2D eigenvalue weighted by Crippen LogP contribution is -2.26. The van der Waals surface area contributed by atoms with Crippen LogP contribution in [0.3, 0.4) is 0 Å². The molecule has 0 aliphatic rings. The molecule has 1 amide bonds. The van der Waals surface area contributed by atoms with Gasteiger partial charge in [-0.25, -0.2) is 4.98 Å². The Balaban J connectivity index is 1.63. The van der Waals surface area contributed by atoms with Crippen LogP contribution >= 0.6 is 11.3 Å². The van der Waals surface area contributed by atoms with Crippen molar-refractivity contribution in [3.05, 3.63) is 71.7 Å². The fraction of sp³-hybridized carbons (Fsp3) is 0.200. The predicted octanol–water partition coefficient (Wildman–Crippen LogP) is 4.98. The Hall–Kier alpha value is -2.66. The molecule has 0 aliphatic heterocycles. The second kappa shape index (κ2) is 8.44. The minimum absolute atomic E-state index is 0.0252. The Morgan fingerprint density at radius 3 is 2.40 bits per heavy atom. The molecule has 0 radical (unpaired) electrons. The summed E-state index contributed by atoms with van der Waals surface area (Å²) in [7, 11) is 0.